The molecule has 0 bridgehead atoms. The first-order chi connectivity index (χ1) is 10.2. The molecule has 0 atom stereocenters. The number of nitrogens with one attached hydrogen (secondary N) is 1. The molecule has 0 radical (unpaired) electrons. The van der Waals surface area contributed by atoms with E-state index in [4.69, 9.17) is 9.47 Å². The fourth-order valence-electron chi connectivity index (χ4n) is 1.72. The van der Waals surface area contributed by atoms with Crippen molar-refractivity contribution in [2.24, 2.45) is 0 Å². The van der Waals surface area contributed by atoms with Crippen LogP contribution in [0.25, 0.3) is 5.69 Å². The molecule has 1 heterocycles. The minimum atomic E-state index is -0.534. The molecular formula is C14H16FN3O3. The van der Waals surface area contributed by atoms with Crippen molar-refractivity contribution in [3.05, 3.63) is 42.5 Å². The highest BCUT2D eigenvalue weighted by Gasteiger charge is 2.13. The van der Waals surface area contributed by atoms with Gasteiger partial charge in [-0.25, -0.2) is 9.07 Å². The van der Waals surface area contributed by atoms with Crippen LogP contribution in [-0.2, 0) is 14.3 Å². The molecule has 21 heavy (non-hydrogen) atoms. The standard InChI is InChI=1S/C14H16FN3O3/c1-20-8-9-21-10-13(19)17-14-11(15)4-2-5-12(14)18-7-3-6-16-18/h2-7H,8-10H2,1H3,(H,17,19). The van der Waals surface area contributed by atoms with Crippen molar-refractivity contribution < 1.29 is 18.7 Å². The Bertz CT molecular complexity index is 587. The van der Waals surface area contributed by atoms with Gasteiger partial charge in [-0.1, -0.05) is 6.07 Å². The van der Waals surface area contributed by atoms with Gasteiger partial charge in [-0.2, -0.15) is 5.10 Å². The number of aromatic nitrogens is 2. The number of nitrogens with zero attached hydrogens (tertiary/aromatic N) is 2. The van der Waals surface area contributed by atoms with E-state index in [9.17, 15) is 9.18 Å². The van der Waals surface area contributed by atoms with E-state index in [1.165, 1.54) is 10.7 Å². The second-order valence-corrected chi connectivity index (χ2v) is 4.18. The number of para-hydroxylation sites is 1. The maximum Gasteiger partial charge on any atom is 0.250 e. The molecular weight excluding hydrogens is 277 g/mol. The summed E-state index contributed by atoms with van der Waals surface area (Å²) in [6, 6.07) is 6.20. The van der Waals surface area contributed by atoms with E-state index < -0.39 is 11.7 Å². The van der Waals surface area contributed by atoms with Crippen LogP contribution in [0.15, 0.2) is 36.7 Å². The van der Waals surface area contributed by atoms with Crippen LogP contribution in [0, 0.1) is 5.82 Å². The Balaban J connectivity index is 2.07. The molecule has 6 nitrogen and oxygen atoms in total. The maximum absolute atomic E-state index is 13.9. The minimum absolute atomic E-state index is 0.0709. The highest BCUT2D eigenvalue weighted by molar-refractivity contribution is 5.93. The number of ether oxygens (including phenoxy) is 2. The fourth-order valence-corrected chi connectivity index (χ4v) is 1.72. The summed E-state index contributed by atoms with van der Waals surface area (Å²) in [7, 11) is 1.54. The van der Waals surface area contributed by atoms with Crippen LogP contribution in [-0.4, -0.2) is 42.6 Å². The molecule has 0 aliphatic heterocycles. The van der Waals surface area contributed by atoms with Gasteiger partial charge in [0.05, 0.1) is 18.9 Å². The zero-order valence-electron chi connectivity index (χ0n) is 11.6. The number of rotatable bonds is 7. The third kappa shape index (κ3) is 4.11. The van der Waals surface area contributed by atoms with E-state index in [0.29, 0.717) is 18.9 Å². The van der Waals surface area contributed by atoms with Crippen molar-refractivity contribution in [2.45, 2.75) is 0 Å². The normalized spacial score (nSPS) is 10.6. The topological polar surface area (TPSA) is 65.4 Å². The summed E-state index contributed by atoms with van der Waals surface area (Å²) in [5, 5.41) is 6.54. The number of benzene rings is 1. The van der Waals surface area contributed by atoms with E-state index in [2.05, 4.69) is 10.4 Å². The van der Waals surface area contributed by atoms with Crippen molar-refractivity contribution in [1.29, 1.82) is 0 Å². The Labute approximate surface area is 121 Å². The molecule has 7 heteroatoms. The summed E-state index contributed by atoms with van der Waals surface area (Å²) in [6.07, 6.45) is 3.24. The van der Waals surface area contributed by atoms with Crippen LogP contribution < -0.4 is 5.32 Å². The van der Waals surface area contributed by atoms with Crippen molar-refractivity contribution in [2.75, 3.05) is 32.2 Å². The molecule has 0 fully saturated rings. The lowest BCUT2D eigenvalue weighted by atomic mass is 10.2. The molecule has 0 unspecified atom stereocenters. The fraction of sp³-hybridized carbons (Fsp3) is 0.286. The Morgan fingerprint density at radius 3 is 2.95 bits per heavy atom. The molecule has 2 aromatic rings. The molecule has 1 aromatic carbocycles. The molecule has 0 saturated carbocycles. The van der Waals surface area contributed by atoms with Gasteiger partial charge in [0.1, 0.15) is 18.1 Å². The van der Waals surface area contributed by atoms with E-state index in [0.717, 1.165) is 0 Å². The maximum atomic E-state index is 13.9. The van der Waals surface area contributed by atoms with Crippen molar-refractivity contribution in [1.82, 2.24) is 9.78 Å². The zero-order valence-corrected chi connectivity index (χ0v) is 11.6. The molecule has 112 valence electrons. The summed E-state index contributed by atoms with van der Waals surface area (Å²) in [6.45, 7) is 0.523. The highest BCUT2D eigenvalue weighted by Crippen LogP contribution is 2.23. The Hall–Kier alpha value is -2.25. The molecule has 0 spiro atoms. The van der Waals surface area contributed by atoms with Gasteiger partial charge in [-0.05, 0) is 18.2 Å². The number of hydrogen-bond donors (Lipinski definition) is 1. The van der Waals surface area contributed by atoms with Gasteiger partial charge in [-0.15, -0.1) is 0 Å². The third-order valence-electron chi connectivity index (χ3n) is 2.67. The van der Waals surface area contributed by atoms with Crippen molar-refractivity contribution in [3.63, 3.8) is 0 Å². The van der Waals surface area contributed by atoms with Crippen molar-refractivity contribution in [3.8, 4) is 5.69 Å². The second kappa shape index (κ2) is 7.51. The summed E-state index contributed by atoms with van der Waals surface area (Å²) in [4.78, 5) is 11.8. The van der Waals surface area contributed by atoms with Gasteiger partial charge in [0.15, 0.2) is 0 Å². The molecule has 0 saturated heterocycles. The first-order valence-corrected chi connectivity index (χ1v) is 6.37. The van der Waals surface area contributed by atoms with Crippen molar-refractivity contribution >= 4 is 11.6 Å². The lowest BCUT2D eigenvalue weighted by Gasteiger charge is -2.12. The molecule has 1 aromatic heterocycles. The van der Waals surface area contributed by atoms with Gasteiger partial charge in [0.2, 0.25) is 0 Å². The number of carbonyl (C=O) groups is 1. The number of carbonyl (C=O) groups excluding carboxylic acids is 1. The number of anilines is 1. The molecule has 0 aliphatic carbocycles. The van der Waals surface area contributed by atoms with Gasteiger partial charge < -0.3 is 14.8 Å². The summed E-state index contributed by atoms with van der Waals surface area (Å²) in [5.41, 5.74) is 0.520. The summed E-state index contributed by atoms with van der Waals surface area (Å²) in [5.74, 6) is -0.974. The number of hydrogen-bond acceptors (Lipinski definition) is 4. The van der Waals surface area contributed by atoms with Crippen LogP contribution >= 0.6 is 0 Å². The van der Waals surface area contributed by atoms with E-state index in [1.807, 2.05) is 0 Å². The van der Waals surface area contributed by atoms with Crippen LogP contribution in [0.1, 0.15) is 0 Å². The average Bonchev–Trinajstić information content (AvgIpc) is 3.00. The van der Waals surface area contributed by atoms with Crippen LogP contribution in [0.5, 0.6) is 0 Å². The average molecular weight is 293 g/mol. The van der Waals surface area contributed by atoms with Gasteiger partial charge in [0, 0.05) is 19.5 Å². The first kappa shape index (κ1) is 15.1. The quantitative estimate of drug-likeness (QED) is 0.788. The van der Waals surface area contributed by atoms with E-state index >= 15 is 0 Å². The molecule has 2 rings (SSSR count). The first-order valence-electron chi connectivity index (χ1n) is 6.37. The van der Waals surface area contributed by atoms with Gasteiger partial charge >= 0.3 is 0 Å². The predicted octanol–water partition coefficient (Wildman–Crippen LogP) is 1.61. The Morgan fingerprint density at radius 1 is 1.38 bits per heavy atom. The van der Waals surface area contributed by atoms with Gasteiger partial charge in [0.25, 0.3) is 5.91 Å². The summed E-state index contributed by atoms with van der Waals surface area (Å²) < 4.78 is 25.3. The molecule has 1 N–H and O–H groups in total. The highest BCUT2D eigenvalue weighted by atomic mass is 19.1. The largest absolute Gasteiger partial charge is 0.382 e. The Kier molecular flexibility index (Phi) is 5.42. The molecule has 1 amide bonds. The van der Waals surface area contributed by atoms with Crippen LogP contribution in [0.4, 0.5) is 10.1 Å². The minimum Gasteiger partial charge on any atom is -0.382 e. The van der Waals surface area contributed by atoms with E-state index in [-0.39, 0.29) is 12.3 Å². The second-order valence-electron chi connectivity index (χ2n) is 4.18. The third-order valence-corrected chi connectivity index (χ3v) is 2.67. The number of methoxy groups -OCH3 is 1. The van der Waals surface area contributed by atoms with Crippen LogP contribution in [0.2, 0.25) is 0 Å². The van der Waals surface area contributed by atoms with E-state index in [1.54, 1.807) is 37.7 Å². The Morgan fingerprint density at radius 2 is 2.24 bits per heavy atom. The number of halogens is 1. The monoisotopic (exact) mass is 293 g/mol. The predicted molar refractivity (Wildman–Crippen MR) is 74.8 cm³/mol. The zero-order chi connectivity index (χ0) is 15.1. The van der Waals surface area contributed by atoms with Gasteiger partial charge in [-0.3, -0.25) is 4.79 Å². The summed E-state index contributed by atoms with van der Waals surface area (Å²) >= 11 is 0. The SMILES string of the molecule is COCCOCC(=O)Nc1c(F)cccc1-n1cccn1. The lowest BCUT2D eigenvalue weighted by Crippen LogP contribution is -2.21. The lowest BCUT2D eigenvalue weighted by molar-refractivity contribution is -0.121. The number of amides is 1. The smallest absolute Gasteiger partial charge is 0.250 e. The molecule has 0 aliphatic rings. The van der Waals surface area contributed by atoms with Crippen LogP contribution in [0.3, 0.4) is 0 Å².